The van der Waals surface area contributed by atoms with Gasteiger partial charge >= 0.3 is 0 Å². The second kappa shape index (κ2) is 9.11. The van der Waals surface area contributed by atoms with E-state index in [4.69, 9.17) is 15.5 Å². The SMILES string of the molecule is Cc1noc(C)c1-c1cc2ncc(N)c(N[C@H](C)c3ccccc3)c2cc1CCCC#N. The van der Waals surface area contributed by atoms with Crippen LogP contribution in [0.15, 0.2) is 53.2 Å². The lowest BCUT2D eigenvalue weighted by Crippen LogP contribution is -2.09. The second-order valence-corrected chi connectivity index (χ2v) is 8.10. The molecule has 0 aliphatic rings. The Labute approximate surface area is 188 Å². The molecule has 32 heavy (non-hydrogen) atoms. The molecule has 2 aromatic carbocycles. The van der Waals surface area contributed by atoms with Crippen LogP contribution in [0.5, 0.6) is 0 Å². The normalized spacial score (nSPS) is 11.9. The van der Waals surface area contributed by atoms with Crippen molar-refractivity contribution in [2.45, 2.75) is 46.1 Å². The van der Waals surface area contributed by atoms with Gasteiger partial charge in [0.25, 0.3) is 0 Å². The summed E-state index contributed by atoms with van der Waals surface area (Å²) in [4.78, 5) is 4.62. The highest BCUT2D eigenvalue weighted by Crippen LogP contribution is 2.38. The van der Waals surface area contributed by atoms with Gasteiger partial charge in [-0.3, -0.25) is 4.98 Å². The lowest BCUT2D eigenvalue weighted by atomic mass is 9.92. The molecule has 0 saturated carbocycles. The van der Waals surface area contributed by atoms with Gasteiger partial charge in [0.15, 0.2) is 0 Å². The number of fused-ring (bicyclic) bond motifs is 1. The molecule has 162 valence electrons. The molecule has 1 atom stereocenters. The Morgan fingerprint density at radius 1 is 1.19 bits per heavy atom. The molecule has 0 radical (unpaired) electrons. The largest absolute Gasteiger partial charge is 0.396 e. The van der Waals surface area contributed by atoms with E-state index in [2.05, 4.69) is 52.7 Å². The first-order valence-electron chi connectivity index (χ1n) is 10.8. The molecule has 2 aromatic heterocycles. The Bertz CT molecular complexity index is 1270. The number of nitriles is 1. The molecule has 2 heterocycles. The molecule has 0 amide bonds. The van der Waals surface area contributed by atoms with Gasteiger partial charge < -0.3 is 15.6 Å². The number of nitrogen functional groups attached to an aromatic ring is 1. The van der Waals surface area contributed by atoms with E-state index in [0.717, 1.165) is 57.6 Å². The van der Waals surface area contributed by atoms with Crippen LogP contribution in [0.2, 0.25) is 0 Å². The summed E-state index contributed by atoms with van der Waals surface area (Å²) < 4.78 is 5.43. The van der Waals surface area contributed by atoms with Gasteiger partial charge in [-0.2, -0.15) is 5.26 Å². The third kappa shape index (κ3) is 4.15. The number of anilines is 2. The maximum absolute atomic E-state index is 9.03. The molecule has 0 spiro atoms. The maximum Gasteiger partial charge on any atom is 0.141 e. The highest BCUT2D eigenvalue weighted by molar-refractivity contribution is 6.00. The zero-order valence-corrected chi connectivity index (χ0v) is 18.6. The minimum atomic E-state index is 0.0772. The van der Waals surface area contributed by atoms with Crippen molar-refractivity contribution in [3.8, 4) is 17.2 Å². The maximum atomic E-state index is 9.03. The van der Waals surface area contributed by atoms with E-state index in [-0.39, 0.29) is 6.04 Å². The first kappa shape index (κ1) is 21.4. The first-order valence-corrected chi connectivity index (χ1v) is 10.8. The minimum absolute atomic E-state index is 0.0772. The molecule has 0 bridgehead atoms. The number of nitrogens with one attached hydrogen (secondary N) is 1. The molecular formula is C26H27N5O. The zero-order valence-electron chi connectivity index (χ0n) is 18.6. The average Bonchev–Trinajstić information content (AvgIpc) is 3.14. The number of unbranched alkanes of at least 4 members (excludes halogenated alkanes) is 1. The van der Waals surface area contributed by atoms with E-state index in [1.807, 2.05) is 32.0 Å². The first-order chi connectivity index (χ1) is 15.5. The standard InChI is InChI=1S/C26H27N5O/c1-16(19-9-5-4-6-10-19)30-26-22-13-20(11-7-8-12-27)21(14-24(22)29-15-23(26)28)25-17(2)31-32-18(25)3/h4-6,9-10,13-16H,7-8,11,28H2,1-3H3,(H,29,30)/t16-/m1/s1. The highest BCUT2D eigenvalue weighted by Gasteiger charge is 2.19. The van der Waals surface area contributed by atoms with Crippen LogP contribution in [0, 0.1) is 25.2 Å². The number of nitrogens with two attached hydrogens (primary N) is 1. The highest BCUT2D eigenvalue weighted by atomic mass is 16.5. The Morgan fingerprint density at radius 2 is 1.97 bits per heavy atom. The molecule has 0 unspecified atom stereocenters. The van der Waals surface area contributed by atoms with E-state index in [0.29, 0.717) is 12.1 Å². The van der Waals surface area contributed by atoms with E-state index in [1.54, 1.807) is 6.20 Å². The molecule has 4 aromatic rings. The fourth-order valence-corrected chi connectivity index (χ4v) is 4.17. The fourth-order valence-electron chi connectivity index (χ4n) is 4.17. The van der Waals surface area contributed by atoms with Crippen molar-refractivity contribution < 1.29 is 4.52 Å². The molecular weight excluding hydrogens is 398 g/mol. The average molecular weight is 426 g/mol. The van der Waals surface area contributed by atoms with Gasteiger partial charge in [0.2, 0.25) is 0 Å². The molecule has 3 N–H and O–H groups in total. The number of benzene rings is 2. The predicted octanol–water partition coefficient (Wildman–Crippen LogP) is 6.11. The van der Waals surface area contributed by atoms with Crippen molar-refractivity contribution >= 4 is 22.3 Å². The predicted molar refractivity (Wildman–Crippen MR) is 128 cm³/mol. The summed E-state index contributed by atoms with van der Waals surface area (Å²) >= 11 is 0. The Balaban J connectivity index is 1.85. The third-order valence-corrected chi connectivity index (χ3v) is 5.82. The van der Waals surface area contributed by atoms with Crippen molar-refractivity contribution in [2.75, 3.05) is 11.1 Å². The molecule has 6 nitrogen and oxygen atoms in total. The Hall–Kier alpha value is -3.85. The van der Waals surface area contributed by atoms with Crippen LogP contribution < -0.4 is 11.1 Å². The van der Waals surface area contributed by atoms with Crippen LogP contribution in [0.25, 0.3) is 22.0 Å². The quantitative estimate of drug-likeness (QED) is 0.347. The summed E-state index contributed by atoms with van der Waals surface area (Å²) in [5.74, 6) is 0.773. The topological polar surface area (TPSA) is 101 Å². The number of hydrogen-bond acceptors (Lipinski definition) is 6. The number of aryl methyl sites for hydroxylation is 3. The van der Waals surface area contributed by atoms with Gasteiger partial charge in [0.05, 0.1) is 34.9 Å². The van der Waals surface area contributed by atoms with Crippen molar-refractivity contribution in [2.24, 2.45) is 0 Å². The van der Waals surface area contributed by atoms with Gasteiger partial charge in [-0.1, -0.05) is 35.5 Å². The monoisotopic (exact) mass is 425 g/mol. The molecule has 0 fully saturated rings. The second-order valence-electron chi connectivity index (χ2n) is 8.10. The van der Waals surface area contributed by atoms with Crippen molar-refractivity contribution in [3.63, 3.8) is 0 Å². The van der Waals surface area contributed by atoms with E-state index in [9.17, 15) is 0 Å². The summed E-state index contributed by atoms with van der Waals surface area (Å²) in [5.41, 5.74) is 13.9. The number of nitrogens with zero attached hydrogens (tertiary/aromatic N) is 3. The van der Waals surface area contributed by atoms with E-state index in [1.165, 1.54) is 5.56 Å². The minimum Gasteiger partial charge on any atom is -0.396 e. The van der Waals surface area contributed by atoms with Crippen molar-refractivity contribution in [1.82, 2.24) is 10.1 Å². The van der Waals surface area contributed by atoms with E-state index >= 15 is 0 Å². The summed E-state index contributed by atoms with van der Waals surface area (Å²) in [7, 11) is 0. The van der Waals surface area contributed by atoms with Crippen molar-refractivity contribution in [3.05, 3.63) is 71.2 Å². The number of pyridine rings is 1. The van der Waals surface area contributed by atoms with Gasteiger partial charge in [-0.05, 0) is 62.4 Å². The number of hydrogen-bond donors (Lipinski definition) is 2. The van der Waals surface area contributed by atoms with Gasteiger partial charge in [0.1, 0.15) is 5.76 Å². The number of rotatable bonds is 7. The molecule has 0 saturated heterocycles. The van der Waals surface area contributed by atoms with Crippen LogP contribution >= 0.6 is 0 Å². The Morgan fingerprint density at radius 3 is 2.66 bits per heavy atom. The van der Waals surface area contributed by atoms with Crippen LogP contribution in [0.1, 0.15) is 48.4 Å². The van der Waals surface area contributed by atoms with Gasteiger partial charge in [-0.25, -0.2) is 0 Å². The van der Waals surface area contributed by atoms with Gasteiger partial charge in [-0.15, -0.1) is 0 Å². The zero-order chi connectivity index (χ0) is 22.7. The van der Waals surface area contributed by atoms with E-state index < -0.39 is 0 Å². The summed E-state index contributed by atoms with van der Waals surface area (Å²) in [6, 6.07) is 16.8. The Kier molecular flexibility index (Phi) is 6.09. The van der Waals surface area contributed by atoms with Crippen LogP contribution in [-0.4, -0.2) is 10.1 Å². The fraction of sp³-hybridized carbons (Fsp3) is 0.269. The lowest BCUT2D eigenvalue weighted by Gasteiger charge is -2.20. The summed E-state index contributed by atoms with van der Waals surface area (Å²) in [6.07, 6.45) is 3.75. The third-order valence-electron chi connectivity index (χ3n) is 5.82. The van der Waals surface area contributed by atoms with Crippen LogP contribution in [0.4, 0.5) is 11.4 Å². The molecule has 0 aliphatic heterocycles. The van der Waals surface area contributed by atoms with Crippen molar-refractivity contribution in [1.29, 1.82) is 5.26 Å². The van der Waals surface area contributed by atoms with Gasteiger partial charge in [0, 0.05) is 23.4 Å². The molecule has 0 aliphatic carbocycles. The smallest absolute Gasteiger partial charge is 0.141 e. The van der Waals surface area contributed by atoms with Crippen LogP contribution in [-0.2, 0) is 6.42 Å². The molecule has 6 heteroatoms. The summed E-state index contributed by atoms with van der Waals surface area (Å²) in [6.45, 7) is 5.98. The van der Waals surface area contributed by atoms with Crippen LogP contribution in [0.3, 0.4) is 0 Å². The molecule has 4 rings (SSSR count). The lowest BCUT2D eigenvalue weighted by molar-refractivity contribution is 0.393. The summed E-state index contributed by atoms with van der Waals surface area (Å²) in [5, 5.41) is 17.7. The number of aromatic nitrogens is 2.